The Kier molecular flexibility index (Phi) is 6.66. The van der Waals surface area contributed by atoms with Crippen molar-refractivity contribution in [1.82, 2.24) is 4.98 Å². The molecule has 1 aromatic carbocycles. The number of carbonyl (C=O) groups excluding carboxylic acids is 2. The van der Waals surface area contributed by atoms with Crippen LogP contribution >= 0.6 is 11.3 Å². The molecule has 0 fully saturated rings. The Hall–Kier alpha value is -1.81. The van der Waals surface area contributed by atoms with Gasteiger partial charge in [0.15, 0.2) is 5.78 Å². The van der Waals surface area contributed by atoms with Gasteiger partial charge in [-0.25, -0.2) is 4.98 Å². The molecule has 0 bridgehead atoms. The van der Waals surface area contributed by atoms with E-state index in [0.29, 0.717) is 18.6 Å². The molecule has 2 rings (SSSR count). The predicted octanol–water partition coefficient (Wildman–Crippen LogP) is 4.57. The van der Waals surface area contributed by atoms with Crippen LogP contribution in [0.1, 0.15) is 58.5 Å². The summed E-state index contributed by atoms with van der Waals surface area (Å²) in [5.74, 6) is 0.393. The smallest absolute Gasteiger partial charge is 0.171 e. The quantitative estimate of drug-likeness (QED) is 0.633. The van der Waals surface area contributed by atoms with E-state index in [1.807, 2.05) is 25.1 Å². The van der Waals surface area contributed by atoms with Crippen LogP contribution in [0.2, 0.25) is 0 Å². The number of aryl methyl sites for hydroxylation is 3. The molecule has 0 saturated carbocycles. The molecule has 0 aliphatic carbocycles. The van der Waals surface area contributed by atoms with E-state index >= 15 is 0 Å². The molecule has 0 aliphatic rings. The van der Waals surface area contributed by atoms with Crippen LogP contribution in [0.3, 0.4) is 0 Å². The molecule has 0 unspecified atom stereocenters. The molecule has 2 aromatic rings. The van der Waals surface area contributed by atoms with Crippen molar-refractivity contribution in [3.8, 4) is 0 Å². The molecule has 0 saturated heterocycles. The molecule has 0 amide bonds. The molecular formula is C19H23NO2S. The molecule has 23 heavy (non-hydrogen) atoms. The molecule has 1 heterocycles. The molecule has 122 valence electrons. The summed E-state index contributed by atoms with van der Waals surface area (Å²) >= 11 is 1.46. The number of benzene rings is 1. The minimum atomic E-state index is 0.0724. The number of Topliss-reactive ketones (excluding diaryl/α,β-unsaturated/α-hetero) is 2. The van der Waals surface area contributed by atoms with E-state index in [9.17, 15) is 9.59 Å². The normalized spacial score (nSPS) is 10.7. The summed E-state index contributed by atoms with van der Waals surface area (Å²) in [6, 6.07) is 10.3. The fourth-order valence-electron chi connectivity index (χ4n) is 2.58. The summed E-state index contributed by atoms with van der Waals surface area (Å²) in [4.78, 5) is 28.5. The van der Waals surface area contributed by atoms with Crippen LogP contribution in [0, 0.1) is 6.92 Å². The van der Waals surface area contributed by atoms with Crippen molar-refractivity contribution in [2.45, 2.75) is 52.4 Å². The monoisotopic (exact) mass is 329 g/mol. The molecule has 1 aromatic heterocycles. The lowest BCUT2D eigenvalue weighted by Gasteiger charge is -2.01. The number of thiazole rings is 1. The number of nitrogens with zero attached hydrogens (tertiary/aromatic N) is 1. The molecule has 3 nitrogen and oxygen atoms in total. The van der Waals surface area contributed by atoms with Crippen molar-refractivity contribution in [3.05, 3.63) is 51.5 Å². The van der Waals surface area contributed by atoms with E-state index in [4.69, 9.17) is 0 Å². The second kappa shape index (κ2) is 8.73. The highest BCUT2D eigenvalue weighted by molar-refractivity contribution is 7.13. The highest BCUT2D eigenvalue weighted by atomic mass is 32.1. The fraction of sp³-hybridized carbons (Fsp3) is 0.421. The van der Waals surface area contributed by atoms with E-state index in [0.717, 1.165) is 41.3 Å². The zero-order valence-corrected chi connectivity index (χ0v) is 14.6. The van der Waals surface area contributed by atoms with Gasteiger partial charge in [0.1, 0.15) is 5.78 Å². The van der Waals surface area contributed by atoms with Gasteiger partial charge in [-0.1, -0.05) is 30.3 Å². The van der Waals surface area contributed by atoms with Crippen LogP contribution in [0.5, 0.6) is 0 Å². The summed E-state index contributed by atoms with van der Waals surface area (Å²) < 4.78 is 0. The maximum atomic E-state index is 11.9. The Bertz CT molecular complexity index is 661. The first-order valence-corrected chi connectivity index (χ1v) is 8.91. The lowest BCUT2D eigenvalue weighted by molar-refractivity contribution is -0.119. The van der Waals surface area contributed by atoms with Gasteiger partial charge in [-0.15, -0.1) is 11.3 Å². The zero-order valence-electron chi connectivity index (χ0n) is 13.8. The van der Waals surface area contributed by atoms with E-state index in [-0.39, 0.29) is 5.78 Å². The van der Waals surface area contributed by atoms with Crippen LogP contribution in [-0.2, 0) is 17.6 Å². The third-order valence-electron chi connectivity index (χ3n) is 3.77. The number of hydrogen-bond donors (Lipinski definition) is 0. The van der Waals surface area contributed by atoms with Gasteiger partial charge in [0, 0.05) is 19.8 Å². The van der Waals surface area contributed by atoms with Gasteiger partial charge < -0.3 is 0 Å². The van der Waals surface area contributed by atoms with E-state index < -0.39 is 0 Å². The van der Waals surface area contributed by atoms with Gasteiger partial charge in [0.05, 0.1) is 15.6 Å². The molecule has 4 heteroatoms. The Morgan fingerprint density at radius 1 is 1.04 bits per heavy atom. The third-order valence-corrected chi connectivity index (χ3v) is 5.09. The first-order chi connectivity index (χ1) is 11.1. The molecule has 0 N–H and O–H groups in total. The summed E-state index contributed by atoms with van der Waals surface area (Å²) in [7, 11) is 0. The minimum absolute atomic E-state index is 0.0724. The van der Waals surface area contributed by atoms with Gasteiger partial charge in [-0.05, 0) is 38.2 Å². The second-order valence-electron chi connectivity index (χ2n) is 5.81. The SMILES string of the molecule is CC(=O)c1sc(CCCC(=O)CCCc2ccccc2)nc1C. The molecule has 0 atom stereocenters. The van der Waals surface area contributed by atoms with Crippen LogP contribution in [0.25, 0.3) is 0 Å². The minimum Gasteiger partial charge on any atom is -0.300 e. The van der Waals surface area contributed by atoms with Crippen molar-refractivity contribution in [2.75, 3.05) is 0 Å². The summed E-state index contributed by atoms with van der Waals surface area (Å²) in [5, 5.41) is 0.963. The van der Waals surface area contributed by atoms with Gasteiger partial charge in [-0.2, -0.15) is 0 Å². The van der Waals surface area contributed by atoms with E-state index in [1.54, 1.807) is 6.92 Å². The molecule has 0 radical (unpaired) electrons. The van der Waals surface area contributed by atoms with Crippen molar-refractivity contribution in [2.24, 2.45) is 0 Å². The van der Waals surface area contributed by atoms with Crippen LogP contribution in [0.4, 0.5) is 0 Å². The van der Waals surface area contributed by atoms with E-state index in [2.05, 4.69) is 17.1 Å². The first-order valence-electron chi connectivity index (χ1n) is 8.09. The predicted molar refractivity (Wildman–Crippen MR) is 94.2 cm³/mol. The lowest BCUT2D eigenvalue weighted by atomic mass is 10.0. The van der Waals surface area contributed by atoms with Gasteiger partial charge in [0.25, 0.3) is 0 Å². The molecular weight excluding hydrogens is 306 g/mol. The molecule has 0 spiro atoms. The Morgan fingerprint density at radius 3 is 2.30 bits per heavy atom. The van der Waals surface area contributed by atoms with Crippen LogP contribution in [-0.4, -0.2) is 16.6 Å². The Morgan fingerprint density at radius 2 is 1.70 bits per heavy atom. The summed E-state index contributed by atoms with van der Waals surface area (Å²) in [6.45, 7) is 3.44. The average molecular weight is 329 g/mol. The van der Waals surface area contributed by atoms with Gasteiger partial charge in [0.2, 0.25) is 0 Å². The zero-order chi connectivity index (χ0) is 16.7. The maximum absolute atomic E-state index is 11.9. The van der Waals surface area contributed by atoms with Gasteiger partial charge >= 0.3 is 0 Å². The van der Waals surface area contributed by atoms with Crippen molar-refractivity contribution >= 4 is 22.9 Å². The van der Waals surface area contributed by atoms with Crippen LogP contribution < -0.4 is 0 Å². The maximum Gasteiger partial charge on any atom is 0.171 e. The fourth-order valence-corrected chi connectivity index (χ4v) is 3.58. The highest BCUT2D eigenvalue weighted by Crippen LogP contribution is 2.20. The summed E-state index contributed by atoms with van der Waals surface area (Å²) in [5.41, 5.74) is 2.10. The number of carbonyl (C=O) groups is 2. The van der Waals surface area contributed by atoms with Crippen molar-refractivity contribution in [3.63, 3.8) is 0 Å². The number of ketones is 2. The van der Waals surface area contributed by atoms with Crippen LogP contribution in [0.15, 0.2) is 30.3 Å². The standard InChI is InChI=1S/C19H23NO2S/c1-14-19(15(2)21)23-18(20-14)13-7-12-17(22)11-6-10-16-8-4-3-5-9-16/h3-5,8-9H,6-7,10-13H2,1-2H3. The largest absolute Gasteiger partial charge is 0.300 e. The van der Waals surface area contributed by atoms with E-state index in [1.165, 1.54) is 16.9 Å². The Labute approximate surface area is 141 Å². The Balaban J connectivity index is 1.67. The highest BCUT2D eigenvalue weighted by Gasteiger charge is 2.11. The van der Waals surface area contributed by atoms with Crippen molar-refractivity contribution < 1.29 is 9.59 Å². The second-order valence-corrected chi connectivity index (χ2v) is 6.89. The van der Waals surface area contributed by atoms with Crippen molar-refractivity contribution in [1.29, 1.82) is 0 Å². The number of rotatable bonds is 9. The summed E-state index contributed by atoms with van der Waals surface area (Å²) in [6.07, 6.45) is 4.71. The molecule has 0 aliphatic heterocycles. The third kappa shape index (κ3) is 5.71. The average Bonchev–Trinajstić information content (AvgIpc) is 2.89. The lowest BCUT2D eigenvalue weighted by Crippen LogP contribution is -2.00. The topological polar surface area (TPSA) is 47.0 Å². The first kappa shape index (κ1) is 17.5. The number of aromatic nitrogens is 1. The van der Waals surface area contributed by atoms with Gasteiger partial charge in [-0.3, -0.25) is 9.59 Å². The number of hydrogen-bond acceptors (Lipinski definition) is 4.